The lowest BCUT2D eigenvalue weighted by molar-refractivity contribution is 0.0671. The number of hydrogen-bond acceptors (Lipinski definition) is 2. The van der Waals surface area contributed by atoms with Crippen LogP contribution in [0.4, 0.5) is 0 Å². The Balaban J connectivity index is 1.59. The Bertz CT molecular complexity index is 604. The predicted octanol–water partition coefficient (Wildman–Crippen LogP) is 3.84. The van der Waals surface area contributed by atoms with Crippen molar-refractivity contribution in [2.75, 3.05) is 7.05 Å². The van der Waals surface area contributed by atoms with E-state index in [9.17, 15) is 0 Å². The molecule has 0 spiro atoms. The molecule has 0 unspecified atom stereocenters. The lowest BCUT2D eigenvalue weighted by atomic mass is 10.0. The summed E-state index contributed by atoms with van der Waals surface area (Å²) < 4.78 is 6.37. The van der Waals surface area contributed by atoms with Crippen molar-refractivity contribution in [3.05, 3.63) is 42.5 Å². The van der Waals surface area contributed by atoms with E-state index in [1.54, 1.807) is 0 Å². The van der Waals surface area contributed by atoms with Crippen molar-refractivity contribution in [1.82, 2.24) is 4.90 Å². The van der Waals surface area contributed by atoms with Crippen LogP contribution in [0.3, 0.4) is 0 Å². The van der Waals surface area contributed by atoms with Gasteiger partial charge in [-0.3, -0.25) is 0 Å². The van der Waals surface area contributed by atoms with Crippen LogP contribution in [0.5, 0.6) is 5.75 Å². The van der Waals surface area contributed by atoms with Gasteiger partial charge in [0.2, 0.25) is 0 Å². The van der Waals surface area contributed by atoms with Crippen LogP contribution in [-0.2, 0) is 0 Å². The molecular weight excluding hydrogens is 246 g/mol. The van der Waals surface area contributed by atoms with Gasteiger partial charge in [-0.1, -0.05) is 36.4 Å². The van der Waals surface area contributed by atoms with E-state index in [2.05, 4.69) is 54.4 Å². The molecule has 2 fully saturated rings. The average Bonchev–Trinajstić information content (AvgIpc) is 2.70. The normalized spacial score (nSPS) is 29.8. The quantitative estimate of drug-likeness (QED) is 0.819. The molecule has 20 heavy (non-hydrogen) atoms. The minimum atomic E-state index is 0.384. The molecule has 3 atom stereocenters. The Labute approximate surface area is 120 Å². The number of benzene rings is 2. The summed E-state index contributed by atoms with van der Waals surface area (Å²) >= 11 is 0. The van der Waals surface area contributed by atoms with Crippen LogP contribution < -0.4 is 4.74 Å². The van der Waals surface area contributed by atoms with Crippen molar-refractivity contribution in [2.45, 2.75) is 43.9 Å². The largest absolute Gasteiger partial charge is 0.490 e. The predicted molar refractivity (Wildman–Crippen MR) is 82.2 cm³/mol. The highest BCUT2D eigenvalue weighted by Crippen LogP contribution is 2.37. The van der Waals surface area contributed by atoms with Crippen molar-refractivity contribution in [3.8, 4) is 5.75 Å². The molecule has 0 saturated carbocycles. The second-order valence-corrected chi connectivity index (χ2v) is 6.24. The maximum Gasteiger partial charge on any atom is 0.127 e. The van der Waals surface area contributed by atoms with E-state index in [-0.39, 0.29) is 0 Å². The van der Waals surface area contributed by atoms with Crippen LogP contribution >= 0.6 is 0 Å². The fourth-order valence-electron chi connectivity index (χ4n) is 3.94. The molecule has 2 aromatic rings. The summed E-state index contributed by atoms with van der Waals surface area (Å²) in [6, 6.07) is 16.3. The van der Waals surface area contributed by atoms with E-state index in [0.29, 0.717) is 6.10 Å². The average molecular weight is 267 g/mol. The number of nitrogens with zero attached hydrogens (tertiary/aromatic N) is 1. The lowest BCUT2D eigenvalue weighted by Gasteiger charge is -2.36. The second kappa shape index (κ2) is 4.78. The molecule has 2 aliphatic heterocycles. The van der Waals surface area contributed by atoms with E-state index >= 15 is 0 Å². The number of fused-ring (bicyclic) bond motifs is 3. The van der Waals surface area contributed by atoms with Gasteiger partial charge >= 0.3 is 0 Å². The topological polar surface area (TPSA) is 12.5 Å². The van der Waals surface area contributed by atoms with Gasteiger partial charge < -0.3 is 9.64 Å². The lowest BCUT2D eigenvalue weighted by Crippen LogP contribution is -2.43. The van der Waals surface area contributed by atoms with E-state index < -0.39 is 0 Å². The molecule has 2 heterocycles. The van der Waals surface area contributed by atoms with E-state index in [1.807, 2.05) is 0 Å². The van der Waals surface area contributed by atoms with Gasteiger partial charge in [0.1, 0.15) is 11.9 Å². The number of piperidine rings is 1. The van der Waals surface area contributed by atoms with Crippen molar-refractivity contribution in [3.63, 3.8) is 0 Å². The molecule has 0 amide bonds. The van der Waals surface area contributed by atoms with Gasteiger partial charge in [-0.15, -0.1) is 0 Å². The smallest absolute Gasteiger partial charge is 0.127 e. The molecule has 2 saturated heterocycles. The van der Waals surface area contributed by atoms with Crippen LogP contribution in [0.1, 0.15) is 25.7 Å². The van der Waals surface area contributed by atoms with Gasteiger partial charge in [-0.05, 0) is 44.2 Å². The maximum atomic E-state index is 6.37. The highest BCUT2D eigenvalue weighted by Gasteiger charge is 2.39. The molecule has 0 aromatic heterocycles. The third kappa shape index (κ3) is 1.99. The number of rotatable bonds is 2. The maximum absolute atomic E-state index is 6.37. The first kappa shape index (κ1) is 12.2. The molecule has 2 bridgehead atoms. The third-order valence-electron chi connectivity index (χ3n) is 5.10. The van der Waals surface area contributed by atoms with Crippen molar-refractivity contribution in [1.29, 1.82) is 0 Å². The zero-order valence-corrected chi connectivity index (χ0v) is 12.0. The highest BCUT2D eigenvalue weighted by molar-refractivity contribution is 5.88. The summed E-state index contributed by atoms with van der Waals surface area (Å²) in [5, 5.41) is 2.50. The first-order valence-corrected chi connectivity index (χ1v) is 7.67. The molecule has 0 N–H and O–H groups in total. The van der Waals surface area contributed by atoms with Crippen molar-refractivity contribution in [2.24, 2.45) is 0 Å². The zero-order valence-electron chi connectivity index (χ0n) is 12.0. The van der Waals surface area contributed by atoms with Gasteiger partial charge in [0.05, 0.1) is 0 Å². The summed E-state index contributed by atoms with van der Waals surface area (Å²) in [7, 11) is 2.27. The Morgan fingerprint density at radius 1 is 0.950 bits per heavy atom. The summed E-state index contributed by atoms with van der Waals surface area (Å²) in [6.45, 7) is 0. The third-order valence-corrected chi connectivity index (χ3v) is 5.10. The summed E-state index contributed by atoms with van der Waals surface area (Å²) in [5.41, 5.74) is 0. The number of hydrogen-bond donors (Lipinski definition) is 0. The SMILES string of the molecule is CN1[C@@H]2CC[C@H]1C[C@H](Oc1cccc3ccccc13)C2. The Hall–Kier alpha value is -1.54. The Morgan fingerprint density at radius 3 is 2.45 bits per heavy atom. The summed E-state index contributed by atoms with van der Waals surface area (Å²) in [6.07, 6.45) is 5.43. The first-order chi connectivity index (χ1) is 9.81. The van der Waals surface area contributed by atoms with Gasteiger partial charge in [0, 0.05) is 17.5 Å². The molecule has 4 rings (SSSR count). The molecule has 0 radical (unpaired) electrons. The molecule has 2 aliphatic rings. The minimum Gasteiger partial charge on any atom is -0.490 e. The van der Waals surface area contributed by atoms with E-state index in [4.69, 9.17) is 4.74 Å². The first-order valence-electron chi connectivity index (χ1n) is 7.67. The number of ether oxygens (including phenoxy) is 1. The van der Waals surface area contributed by atoms with E-state index in [1.165, 1.54) is 36.5 Å². The monoisotopic (exact) mass is 267 g/mol. The van der Waals surface area contributed by atoms with Gasteiger partial charge in [0.15, 0.2) is 0 Å². The fourth-order valence-corrected chi connectivity index (χ4v) is 3.94. The van der Waals surface area contributed by atoms with Crippen LogP contribution in [0.2, 0.25) is 0 Å². The molecule has 2 heteroatoms. The fraction of sp³-hybridized carbons (Fsp3) is 0.444. The van der Waals surface area contributed by atoms with Crippen molar-refractivity contribution >= 4 is 10.8 Å². The molecule has 104 valence electrons. The van der Waals surface area contributed by atoms with Gasteiger partial charge in [-0.25, -0.2) is 0 Å². The second-order valence-electron chi connectivity index (χ2n) is 6.24. The molecule has 2 nitrogen and oxygen atoms in total. The molecule has 0 aliphatic carbocycles. The van der Waals surface area contributed by atoms with Crippen molar-refractivity contribution < 1.29 is 4.74 Å². The van der Waals surface area contributed by atoms with E-state index in [0.717, 1.165) is 17.8 Å². The Kier molecular flexibility index (Phi) is 2.92. The van der Waals surface area contributed by atoms with Crippen LogP contribution in [0, 0.1) is 0 Å². The van der Waals surface area contributed by atoms with Gasteiger partial charge in [-0.2, -0.15) is 0 Å². The summed E-state index contributed by atoms with van der Waals surface area (Å²) in [5.74, 6) is 1.05. The molecule has 2 aromatic carbocycles. The van der Waals surface area contributed by atoms with Gasteiger partial charge in [0.25, 0.3) is 0 Å². The zero-order chi connectivity index (χ0) is 13.5. The van der Waals surface area contributed by atoms with Crippen LogP contribution in [0.25, 0.3) is 10.8 Å². The Morgan fingerprint density at radius 2 is 1.65 bits per heavy atom. The summed E-state index contributed by atoms with van der Waals surface area (Å²) in [4.78, 5) is 2.56. The van der Waals surface area contributed by atoms with Crippen LogP contribution in [0.15, 0.2) is 42.5 Å². The molecular formula is C18H21NO. The van der Waals surface area contributed by atoms with Crippen LogP contribution in [-0.4, -0.2) is 30.1 Å². The highest BCUT2D eigenvalue weighted by atomic mass is 16.5. The standard InChI is InChI=1S/C18H21NO/c1-19-14-9-10-15(19)12-16(11-14)20-18-8-4-6-13-5-2-3-7-17(13)18/h2-8,14-16H,9-12H2,1H3/t14-,15+,16-. The minimum absolute atomic E-state index is 0.384.